The number of rotatable bonds is 5. The first-order chi connectivity index (χ1) is 9.05. The van der Waals surface area contributed by atoms with E-state index in [9.17, 15) is 0 Å². The zero-order chi connectivity index (χ0) is 14.0. The van der Waals surface area contributed by atoms with Gasteiger partial charge < -0.3 is 26.3 Å². The lowest BCUT2D eigenvalue weighted by Crippen LogP contribution is -2.34. The highest BCUT2D eigenvalue weighted by molar-refractivity contribution is 6.28. The van der Waals surface area contributed by atoms with Gasteiger partial charge in [-0.25, -0.2) is 4.99 Å². The number of hydrogen-bond donors (Lipinski definition) is 3. The van der Waals surface area contributed by atoms with E-state index in [1.165, 1.54) is 12.6 Å². The molecule has 0 spiro atoms. The number of aliphatic imine (C=N–C) groups is 1. The fourth-order valence-corrected chi connectivity index (χ4v) is 2.47. The van der Waals surface area contributed by atoms with Crippen molar-refractivity contribution in [2.24, 2.45) is 22.6 Å². The van der Waals surface area contributed by atoms with Gasteiger partial charge in [-0.15, -0.1) is 0 Å². The molecule has 106 valence electrons. The smallest absolute Gasteiger partial charge is 0.143 e. The monoisotopic (exact) mass is 264 g/mol. The van der Waals surface area contributed by atoms with Crippen molar-refractivity contribution in [1.82, 2.24) is 15.1 Å². The molecule has 3 atom stereocenters. The number of nitrogens with one attached hydrogen (secondary N) is 2. The number of nitrogens with zero attached hydrogens (tertiary/aromatic N) is 3. The lowest BCUT2D eigenvalue weighted by Gasteiger charge is -2.24. The first-order valence-electron chi connectivity index (χ1n) is 6.75. The summed E-state index contributed by atoms with van der Waals surface area (Å²) in [5, 5.41) is 10.4. The summed E-state index contributed by atoms with van der Waals surface area (Å²) < 4.78 is 0. The van der Waals surface area contributed by atoms with E-state index in [-0.39, 0.29) is 6.17 Å². The normalized spacial score (nSPS) is 27.8. The molecule has 4 N–H and O–H groups in total. The van der Waals surface area contributed by atoms with Gasteiger partial charge in [-0.2, -0.15) is 0 Å². The second-order valence-corrected chi connectivity index (χ2v) is 5.42. The average molecular weight is 264 g/mol. The maximum atomic E-state index is 7.55. The van der Waals surface area contributed by atoms with Crippen LogP contribution in [-0.2, 0) is 0 Å². The lowest BCUT2D eigenvalue weighted by molar-refractivity contribution is 0.352. The van der Waals surface area contributed by atoms with Crippen LogP contribution < -0.4 is 11.1 Å². The van der Waals surface area contributed by atoms with Crippen LogP contribution in [0.1, 0.15) is 13.3 Å². The van der Waals surface area contributed by atoms with Crippen LogP contribution in [0.25, 0.3) is 0 Å². The van der Waals surface area contributed by atoms with Gasteiger partial charge in [0.1, 0.15) is 17.8 Å². The van der Waals surface area contributed by atoms with E-state index in [1.54, 1.807) is 7.05 Å². The molecule has 2 fully saturated rings. The minimum absolute atomic E-state index is 0.0413. The van der Waals surface area contributed by atoms with E-state index in [1.807, 2.05) is 25.1 Å². The summed E-state index contributed by atoms with van der Waals surface area (Å²) in [6.45, 7) is 4.12. The van der Waals surface area contributed by atoms with Gasteiger partial charge in [0.15, 0.2) is 0 Å². The Bertz CT molecular complexity index is 392. The van der Waals surface area contributed by atoms with E-state index < -0.39 is 0 Å². The Balaban J connectivity index is 1.98. The van der Waals surface area contributed by atoms with Gasteiger partial charge in [0.2, 0.25) is 0 Å². The second kappa shape index (κ2) is 5.50. The van der Waals surface area contributed by atoms with Crippen LogP contribution in [0.15, 0.2) is 17.0 Å². The second-order valence-electron chi connectivity index (χ2n) is 5.42. The van der Waals surface area contributed by atoms with Crippen LogP contribution in [0.2, 0.25) is 0 Å². The zero-order valence-corrected chi connectivity index (χ0v) is 11.9. The third-order valence-corrected chi connectivity index (χ3v) is 3.97. The lowest BCUT2D eigenvalue weighted by atomic mass is 10.4. The van der Waals surface area contributed by atoms with Crippen molar-refractivity contribution in [3.05, 3.63) is 12.0 Å². The molecule has 19 heavy (non-hydrogen) atoms. The van der Waals surface area contributed by atoms with Crippen molar-refractivity contribution in [3.8, 4) is 0 Å². The topological polar surface area (TPSA) is 80.7 Å². The summed E-state index contributed by atoms with van der Waals surface area (Å²) >= 11 is 0. The van der Waals surface area contributed by atoms with E-state index in [4.69, 9.17) is 11.1 Å². The molecule has 1 saturated heterocycles. The quantitative estimate of drug-likeness (QED) is 0.491. The van der Waals surface area contributed by atoms with Crippen molar-refractivity contribution in [3.63, 3.8) is 0 Å². The zero-order valence-electron chi connectivity index (χ0n) is 11.9. The van der Waals surface area contributed by atoms with Crippen LogP contribution in [0.3, 0.4) is 0 Å². The number of amidine groups is 1. The summed E-state index contributed by atoms with van der Waals surface area (Å²) in [5.74, 6) is 3.07. The fraction of sp³-hybridized carbons (Fsp3) is 0.692. The van der Waals surface area contributed by atoms with Crippen LogP contribution in [0, 0.1) is 17.2 Å². The summed E-state index contributed by atoms with van der Waals surface area (Å²) in [5.41, 5.74) is 5.73. The molecular weight excluding hydrogens is 240 g/mol. The minimum atomic E-state index is -0.0413. The van der Waals surface area contributed by atoms with Crippen molar-refractivity contribution in [1.29, 1.82) is 5.41 Å². The molecule has 1 aliphatic heterocycles. The standard InChI is InChI=1S/C13H24N6/c1-9(18(3)8-12(15)16-2)17-13(5-14)19-6-10-4-11(10)7-19/h5,8-11,14,16H,4,6-7,15H2,1-3H3/b12-8-,14-5?,17-13?. The number of nitrogens with two attached hydrogens (primary N) is 1. The van der Waals surface area contributed by atoms with E-state index in [0.29, 0.717) is 5.82 Å². The third kappa shape index (κ3) is 3.19. The van der Waals surface area contributed by atoms with E-state index in [2.05, 4.69) is 15.2 Å². The molecular formula is C13H24N6. The Morgan fingerprint density at radius 1 is 1.53 bits per heavy atom. The van der Waals surface area contributed by atoms with Crippen molar-refractivity contribution in [2.75, 3.05) is 27.2 Å². The van der Waals surface area contributed by atoms with Crippen molar-refractivity contribution >= 4 is 12.1 Å². The number of hydrogen-bond acceptors (Lipinski definition) is 5. The van der Waals surface area contributed by atoms with Gasteiger partial charge in [0.05, 0.1) is 6.21 Å². The molecule has 2 rings (SSSR count). The molecule has 1 aliphatic carbocycles. The molecule has 0 aromatic heterocycles. The molecule has 3 unspecified atom stereocenters. The Morgan fingerprint density at radius 3 is 2.68 bits per heavy atom. The Morgan fingerprint density at radius 2 is 2.16 bits per heavy atom. The Labute approximate surface area is 114 Å². The third-order valence-electron chi connectivity index (χ3n) is 3.97. The summed E-state index contributed by atoms with van der Waals surface area (Å²) in [6, 6.07) is 0. The van der Waals surface area contributed by atoms with Gasteiger partial charge in [0.25, 0.3) is 0 Å². The predicted molar refractivity (Wildman–Crippen MR) is 77.9 cm³/mol. The summed E-state index contributed by atoms with van der Waals surface area (Å²) in [4.78, 5) is 8.78. The van der Waals surface area contributed by atoms with Gasteiger partial charge in [-0.1, -0.05) is 0 Å². The number of piperidine rings is 1. The molecule has 6 nitrogen and oxygen atoms in total. The Hall–Kier alpha value is -1.72. The average Bonchev–Trinajstić information content (AvgIpc) is 3.01. The molecule has 0 bridgehead atoms. The Kier molecular flexibility index (Phi) is 3.97. The van der Waals surface area contributed by atoms with Crippen molar-refractivity contribution < 1.29 is 0 Å². The number of likely N-dealkylation sites (tertiary alicyclic amines) is 1. The fourth-order valence-electron chi connectivity index (χ4n) is 2.47. The molecule has 0 aromatic carbocycles. The first-order valence-corrected chi connectivity index (χ1v) is 6.75. The SMILES string of the molecule is CN/C(N)=C\N(C)C(C)N=C(C=N)N1CC2CC2C1. The largest absolute Gasteiger partial charge is 0.384 e. The van der Waals surface area contributed by atoms with Crippen LogP contribution >= 0.6 is 0 Å². The molecule has 1 heterocycles. The van der Waals surface area contributed by atoms with Gasteiger partial charge in [0, 0.05) is 33.4 Å². The van der Waals surface area contributed by atoms with E-state index >= 15 is 0 Å². The molecule has 1 saturated carbocycles. The number of fused-ring (bicyclic) bond motifs is 1. The van der Waals surface area contributed by atoms with Gasteiger partial charge in [-0.3, -0.25) is 0 Å². The molecule has 0 amide bonds. The highest BCUT2D eigenvalue weighted by Crippen LogP contribution is 2.44. The predicted octanol–water partition coefficient (Wildman–Crippen LogP) is 0.241. The van der Waals surface area contributed by atoms with Gasteiger partial charge >= 0.3 is 0 Å². The first kappa shape index (κ1) is 13.7. The molecule has 0 radical (unpaired) electrons. The summed E-state index contributed by atoms with van der Waals surface area (Å²) in [6.07, 6.45) is 4.50. The molecule has 6 heteroatoms. The van der Waals surface area contributed by atoms with Gasteiger partial charge in [-0.05, 0) is 25.2 Å². The molecule has 0 aromatic rings. The highest BCUT2D eigenvalue weighted by atomic mass is 15.3. The summed E-state index contributed by atoms with van der Waals surface area (Å²) in [7, 11) is 3.72. The van der Waals surface area contributed by atoms with Crippen LogP contribution in [0.4, 0.5) is 0 Å². The molecule has 2 aliphatic rings. The van der Waals surface area contributed by atoms with Crippen LogP contribution in [-0.4, -0.2) is 55.2 Å². The maximum Gasteiger partial charge on any atom is 0.143 e. The minimum Gasteiger partial charge on any atom is -0.384 e. The van der Waals surface area contributed by atoms with E-state index in [0.717, 1.165) is 30.8 Å². The maximum absolute atomic E-state index is 7.55. The van der Waals surface area contributed by atoms with Crippen molar-refractivity contribution in [2.45, 2.75) is 19.5 Å². The van der Waals surface area contributed by atoms with Crippen LogP contribution in [0.5, 0.6) is 0 Å². The highest BCUT2D eigenvalue weighted by Gasteiger charge is 2.45.